The first kappa shape index (κ1) is 8.93. The van der Waals surface area contributed by atoms with Crippen molar-refractivity contribution in [2.45, 2.75) is 19.8 Å². The van der Waals surface area contributed by atoms with E-state index in [1.165, 1.54) is 13.1 Å². The van der Waals surface area contributed by atoms with E-state index in [1.54, 1.807) is 0 Å². The molecule has 66 valence electrons. The molecule has 0 unspecified atom stereocenters. The SMILES string of the molecule is CC(=O)c1cnoc1CCCO. The Hall–Kier alpha value is -1.16. The summed E-state index contributed by atoms with van der Waals surface area (Å²) in [5.74, 6) is 0.515. The van der Waals surface area contributed by atoms with Crippen LogP contribution in [0.4, 0.5) is 0 Å². The standard InChI is InChI=1S/C8H11NO3/c1-6(11)7-5-9-12-8(7)3-2-4-10/h5,10H,2-4H2,1H3. The van der Waals surface area contributed by atoms with Crippen molar-refractivity contribution >= 4 is 5.78 Å². The molecule has 1 N–H and O–H groups in total. The maximum atomic E-state index is 10.9. The van der Waals surface area contributed by atoms with E-state index in [1.807, 2.05) is 0 Å². The Labute approximate surface area is 70.2 Å². The van der Waals surface area contributed by atoms with Gasteiger partial charge in [-0.25, -0.2) is 0 Å². The highest BCUT2D eigenvalue weighted by molar-refractivity contribution is 5.94. The molecule has 0 bridgehead atoms. The van der Waals surface area contributed by atoms with Gasteiger partial charge in [0.25, 0.3) is 0 Å². The van der Waals surface area contributed by atoms with E-state index in [2.05, 4.69) is 5.16 Å². The van der Waals surface area contributed by atoms with Crippen molar-refractivity contribution in [2.75, 3.05) is 6.61 Å². The van der Waals surface area contributed by atoms with Crippen LogP contribution in [0.25, 0.3) is 0 Å². The highest BCUT2D eigenvalue weighted by Crippen LogP contribution is 2.10. The maximum absolute atomic E-state index is 10.9. The lowest BCUT2D eigenvalue weighted by atomic mass is 10.1. The van der Waals surface area contributed by atoms with Gasteiger partial charge in [0.2, 0.25) is 0 Å². The Bertz CT molecular complexity index is 267. The highest BCUT2D eigenvalue weighted by Gasteiger charge is 2.10. The van der Waals surface area contributed by atoms with Crippen molar-refractivity contribution in [1.82, 2.24) is 5.16 Å². The predicted molar refractivity (Wildman–Crippen MR) is 41.9 cm³/mol. The summed E-state index contributed by atoms with van der Waals surface area (Å²) in [7, 11) is 0. The van der Waals surface area contributed by atoms with Gasteiger partial charge in [0.05, 0.1) is 11.8 Å². The predicted octanol–water partition coefficient (Wildman–Crippen LogP) is 0.802. The number of carbonyl (C=O) groups is 1. The van der Waals surface area contributed by atoms with Crippen molar-refractivity contribution in [3.63, 3.8) is 0 Å². The van der Waals surface area contributed by atoms with Gasteiger partial charge in [-0.05, 0) is 13.3 Å². The third-order valence-electron chi connectivity index (χ3n) is 1.59. The molecule has 12 heavy (non-hydrogen) atoms. The number of ketones is 1. The maximum Gasteiger partial charge on any atom is 0.164 e. The molecular formula is C8H11NO3. The summed E-state index contributed by atoms with van der Waals surface area (Å²) in [5.41, 5.74) is 0.517. The minimum Gasteiger partial charge on any atom is -0.396 e. The van der Waals surface area contributed by atoms with Crippen LogP contribution in [0.3, 0.4) is 0 Å². The molecule has 0 saturated carbocycles. The topological polar surface area (TPSA) is 63.3 Å². The molecule has 1 rings (SSSR count). The van der Waals surface area contributed by atoms with E-state index in [9.17, 15) is 4.79 Å². The second kappa shape index (κ2) is 4.01. The second-order valence-corrected chi connectivity index (χ2v) is 2.55. The first-order valence-corrected chi connectivity index (χ1v) is 3.81. The number of aliphatic hydroxyl groups is 1. The number of aryl methyl sites for hydroxylation is 1. The first-order valence-electron chi connectivity index (χ1n) is 3.81. The number of rotatable bonds is 4. The minimum absolute atomic E-state index is 0.0517. The summed E-state index contributed by atoms with van der Waals surface area (Å²) < 4.78 is 4.85. The molecule has 0 atom stereocenters. The van der Waals surface area contributed by atoms with E-state index in [-0.39, 0.29) is 12.4 Å². The Morgan fingerprint density at radius 3 is 3.08 bits per heavy atom. The molecule has 0 amide bonds. The van der Waals surface area contributed by atoms with Crippen molar-refractivity contribution in [3.8, 4) is 0 Å². The summed E-state index contributed by atoms with van der Waals surface area (Å²) in [6, 6.07) is 0. The fourth-order valence-corrected chi connectivity index (χ4v) is 0.971. The van der Waals surface area contributed by atoms with Crippen LogP contribution in [0.2, 0.25) is 0 Å². The van der Waals surface area contributed by atoms with Gasteiger partial charge in [0, 0.05) is 13.0 Å². The van der Waals surface area contributed by atoms with Gasteiger partial charge in [-0.1, -0.05) is 5.16 Å². The lowest BCUT2D eigenvalue weighted by molar-refractivity contribution is 0.101. The van der Waals surface area contributed by atoms with Crippen LogP contribution in [-0.4, -0.2) is 22.7 Å². The minimum atomic E-state index is -0.0517. The fraction of sp³-hybridized carbons (Fsp3) is 0.500. The summed E-state index contributed by atoms with van der Waals surface area (Å²) in [6.07, 6.45) is 2.57. The van der Waals surface area contributed by atoms with Gasteiger partial charge < -0.3 is 9.63 Å². The molecule has 4 nitrogen and oxygen atoms in total. The average molecular weight is 169 g/mol. The third kappa shape index (κ3) is 1.92. The van der Waals surface area contributed by atoms with E-state index in [4.69, 9.17) is 9.63 Å². The van der Waals surface area contributed by atoms with Crippen LogP contribution in [0.5, 0.6) is 0 Å². The van der Waals surface area contributed by atoms with E-state index >= 15 is 0 Å². The first-order chi connectivity index (χ1) is 5.75. The summed E-state index contributed by atoms with van der Waals surface area (Å²) in [4.78, 5) is 10.9. The number of aliphatic hydroxyl groups excluding tert-OH is 1. The monoisotopic (exact) mass is 169 g/mol. The zero-order valence-corrected chi connectivity index (χ0v) is 6.91. The van der Waals surface area contributed by atoms with Crippen LogP contribution in [0.1, 0.15) is 29.5 Å². The van der Waals surface area contributed by atoms with Crippen LogP contribution in [-0.2, 0) is 6.42 Å². The zero-order valence-electron chi connectivity index (χ0n) is 6.91. The Morgan fingerprint density at radius 2 is 2.50 bits per heavy atom. The normalized spacial score (nSPS) is 10.2. The summed E-state index contributed by atoms with van der Waals surface area (Å²) in [5, 5.41) is 12.1. The quantitative estimate of drug-likeness (QED) is 0.677. The van der Waals surface area contributed by atoms with Gasteiger partial charge in [-0.3, -0.25) is 4.79 Å². The van der Waals surface area contributed by atoms with Gasteiger partial charge >= 0.3 is 0 Å². The molecule has 0 spiro atoms. The lowest BCUT2D eigenvalue weighted by Gasteiger charge is -1.94. The summed E-state index contributed by atoms with van der Waals surface area (Å²) >= 11 is 0. The van der Waals surface area contributed by atoms with Crippen LogP contribution < -0.4 is 0 Å². The van der Waals surface area contributed by atoms with Crippen molar-refractivity contribution in [1.29, 1.82) is 0 Å². The number of Topliss-reactive ketones (excluding diaryl/α,β-unsaturated/α-hetero) is 1. The largest absolute Gasteiger partial charge is 0.396 e. The molecule has 1 aromatic rings. The molecule has 1 heterocycles. The molecule has 1 aromatic heterocycles. The van der Waals surface area contributed by atoms with Crippen molar-refractivity contribution < 1.29 is 14.4 Å². The molecule has 0 radical (unpaired) electrons. The third-order valence-corrected chi connectivity index (χ3v) is 1.59. The average Bonchev–Trinajstić information content (AvgIpc) is 2.48. The number of hydrogen-bond acceptors (Lipinski definition) is 4. The number of aromatic nitrogens is 1. The second-order valence-electron chi connectivity index (χ2n) is 2.55. The Balaban J connectivity index is 2.70. The van der Waals surface area contributed by atoms with Gasteiger partial charge in [0.15, 0.2) is 5.78 Å². The molecular weight excluding hydrogens is 158 g/mol. The zero-order chi connectivity index (χ0) is 8.97. The fourth-order valence-electron chi connectivity index (χ4n) is 0.971. The van der Waals surface area contributed by atoms with Crippen LogP contribution in [0, 0.1) is 0 Å². The molecule has 0 aliphatic heterocycles. The van der Waals surface area contributed by atoms with Crippen LogP contribution >= 0.6 is 0 Å². The van der Waals surface area contributed by atoms with Crippen molar-refractivity contribution in [3.05, 3.63) is 17.5 Å². The molecule has 0 saturated heterocycles. The van der Waals surface area contributed by atoms with Gasteiger partial charge in [-0.15, -0.1) is 0 Å². The summed E-state index contributed by atoms with van der Waals surface area (Å²) in [6.45, 7) is 1.56. The number of nitrogens with zero attached hydrogens (tertiary/aromatic N) is 1. The smallest absolute Gasteiger partial charge is 0.164 e. The van der Waals surface area contributed by atoms with E-state index in [0.717, 1.165) is 0 Å². The number of carbonyl (C=O) groups excluding carboxylic acids is 1. The Morgan fingerprint density at radius 1 is 1.75 bits per heavy atom. The lowest BCUT2D eigenvalue weighted by Crippen LogP contribution is -1.96. The van der Waals surface area contributed by atoms with Gasteiger partial charge in [-0.2, -0.15) is 0 Å². The molecule has 0 aromatic carbocycles. The molecule has 0 fully saturated rings. The van der Waals surface area contributed by atoms with Crippen LogP contribution in [0.15, 0.2) is 10.7 Å². The van der Waals surface area contributed by atoms with E-state index < -0.39 is 0 Å². The van der Waals surface area contributed by atoms with E-state index in [0.29, 0.717) is 24.2 Å². The Kier molecular flexibility index (Phi) is 2.99. The molecule has 4 heteroatoms. The molecule has 0 aliphatic carbocycles. The van der Waals surface area contributed by atoms with Gasteiger partial charge in [0.1, 0.15) is 5.76 Å². The van der Waals surface area contributed by atoms with Crippen molar-refractivity contribution in [2.24, 2.45) is 0 Å². The highest BCUT2D eigenvalue weighted by atomic mass is 16.5. The molecule has 0 aliphatic rings. The number of hydrogen-bond donors (Lipinski definition) is 1.